The average Bonchev–Trinajstić information content (AvgIpc) is 3.17. The summed E-state index contributed by atoms with van der Waals surface area (Å²) >= 11 is 0. The Hall–Kier alpha value is -3.52. The highest BCUT2D eigenvalue weighted by molar-refractivity contribution is 5.88. The second-order valence-electron chi connectivity index (χ2n) is 13.6. The van der Waals surface area contributed by atoms with Crippen LogP contribution in [-0.2, 0) is 16.2 Å². The molecule has 41 heavy (non-hydrogen) atoms. The Morgan fingerprint density at radius 1 is 0.537 bits per heavy atom. The van der Waals surface area contributed by atoms with Crippen molar-refractivity contribution in [3.8, 4) is 22.6 Å². The number of fused-ring (bicyclic) bond motifs is 3. The van der Waals surface area contributed by atoms with Crippen molar-refractivity contribution in [1.29, 1.82) is 0 Å². The van der Waals surface area contributed by atoms with E-state index in [0.717, 1.165) is 11.5 Å². The van der Waals surface area contributed by atoms with Crippen molar-refractivity contribution in [3.05, 3.63) is 117 Å². The van der Waals surface area contributed by atoms with Gasteiger partial charge < -0.3 is 9.47 Å². The number of rotatable bonds is 6. The zero-order valence-corrected chi connectivity index (χ0v) is 26.7. The van der Waals surface area contributed by atoms with Crippen LogP contribution in [0.4, 0.5) is 0 Å². The van der Waals surface area contributed by atoms with Gasteiger partial charge in [0, 0.05) is 0 Å². The van der Waals surface area contributed by atoms with Gasteiger partial charge in [0.1, 0.15) is 11.5 Å². The summed E-state index contributed by atoms with van der Waals surface area (Å²) in [6, 6.07) is 27.5. The second kappa shape index (κ2) is 10.4. The molecule has 0 aromatic heterocycles. The van der Waals surface area contributed by atoms with E-state index >= 15 is 0 Å². The standard InChI is InChI=1S/C39H46O2/c1-11-40-29-17-13-27(14-18-29)39(28-15-19-30(20-16-28)41-12-2)35-23-33(37(5,6)7)25(3)21-31(35)32-22-26(4)34(24-36(32)39)38(8,9)10/h13-24H,11-12H2,1-10H3. The van der Waals surface area contributed by atoms with Crippen LogP contribution >= 0.6 is 0 Å². The molecule has 4 aromatic carbocycles. The van der Waals surface area contributed by atoms with E-state index in [0.29, 0.717) is 13.2 Å². The minimum Gasteiger partial charge on any atom is -0.494 e. The Morgan fingerprint density at radius 2 is 0.878 bits per heavy atom. The molecule has 0 radical (unpaired) electrons. The fourth-order valence-electron chi connectivity index (χ4n) is 6.97. The molecule has 1 aliphatic carbocycles. The summed E-state index contributed by atoms with van der Waals surface area (Å²) in [7, 11) is 0. The quantitative estimate of drug-likeness (QED) is 0.211. The summed E-state index contributed by atoms with van der Waals surface area (Å²) in [5, 5.41) is 0. The van der Waals surface area contributed by atoms with Crippen molar-refractivity contribution < 1.29 is 9.47 Å². The maximum Gasteiger partial charge on any atom is 0.119 e. The lowest BCUT2D eigenvalue weighted by Crippen LogP contribution is -2.30. The zero-order valence-electron chi connectivity index (χ0n) is 26.7. The lowest BCUT2D eigenvalue weighted by atomic mass is 9.66. The van der Waals surface area contributed by atoms with Crippen LogP contribution in [0.3, 0.4) is 0 Å². The molecule has 214 valence electrons. The van der Waals surface area contributed by atoms with Crippen molar-refractivity contribution >= 4 is 0 Å². The van der Waals surface area contributed by atoms with Gasteiger partial charge in [-0.1, -0.05) is 90.1 Å². The summed E-state index contributed by atoms with van der Waals surface area (Å²) < 4.78 is 11.8. The predicted octanol–water partition coefficient (Wildman–Crippen LogP) is 10.1. The van der Waals surface area contributed by atoms with Crippen molar-refractivity contribution in [2.24, 2.45) is 0 Å². The Bertz CT molecular complexity index is 1440. The van der Waals surface area contributed by atoms with Crippen molar-refractivity contribution in [2.75, 3.05) is 13.2 Å². The van der Waals surface area contributed by atoms with Gasteiger partial charge in [0.15, 0.2) is 0 Å². The molecule has 1 aliphatic rings. The van der Waals surface area contributed by atoms with Gasteiger partial charge >= 0.3 is 0 Å². The Kier molecular flexibility index (Phi) is 7.35. The molecule has 0 atom stereocenters. The molecule has 0 amide bonds. The normalized spacial score (nSPS) is 14.0. The van der Waals surface area contributed by atoms with Crippen LogP contribution in [0.2, 0.25) is 0 Å². The summed E-state index contributed by atoms with van der Waals surface area (Å²) in [6.07, 6.45) is 0. The SMILES string of the molecule is CCOc1ccc(C2(c3ccc(OCC)cc3)c3cc(C(C)(C)C)c(C)cc3-c3cc(C)c(C(C)(C)C)cc32)cc1. The largest absolute Gasteiger partial charge is 0.494 e. The highest BCUT2D eigenvalue weighted by atomic mass is 16.5. The van der Waals surface area contributed by atoms with E-state index in [1.807, 2.05) is 13.8 Å². The molecule has 0 unspecified atom stereocenters. The molecule has 2 heteroatoms. The summed E-state index contributed by atoms with van der Waals surface area (Å²) in [5.74, 6) is 1.80. The number of ether oxygens (including phenoxy) is 2. The van der Waals surface area contributed by atoms with Crippen LogP contribution in [0.15, 0.2) is 72.8 Å². The minimum absolute atomic E-state index is 0.0176. The molecular formula is C39H46O2. The molecule has 0 aliphatic heterocycles. The maximum atomic E-state index is 5.89. The fraction of sp³-hybridized carbons (Fsp3) is 0.385. The molecule has 0 spiro atoms. The third kappa shape index (κ3) is 4.86. The summed E-state index contributed by atoms with van der Waals surface area (Å²) in [6.45, 7) is 23.8. The Balaban J connectivity index is 1.95. The van der Waals surface area contributed by atoms with Crippen LogP contribution in [0, 0.1) is 13.8 Å². The second-order valence-corrected chi connectivity index (χ2v) is 13.6. The molecule has 2 nitrogen and oxygen atoms in total. The van der Waals surface area contributed by atoms with Gasteiger partial charge in [-0.3, -0.25) is 0 Å². The lowest BCUT2D eigenvalue weighted by molar-refractivity contribution is 0.340. The lowest BCUT2D eigenvalue weighted by Gasteiger charge is -2.36. The van der Waals surface area contributed by atoms with Crippen LogP contribution in [0.1, 0.15) is 99.9 Å². The van der Waals surface area contributed by atoms with Gasteiger partial charge in [-0.15, -0.1) is 0 Å². The van der Waals surface area contributed by atoms with Crippen LogP contribution < -0.4 is 9.47 Å². The number of hydrogen-bond donors (Lipinski definition) is 0. The molecule has 0 heterocycles. The maximum absolute atomic E-state index is 5.89. The molecular weight excluding hydrogens is 500 g/mol. The molecule has 0 N–H and O–H groups in total. The molecule has 0 fully saturated rings. The van der Waals surface area contributed by atoms with Gasteiger partial charge in [-0.2, -0.15) is 0 Å². The van der Waals surface area contributed by atoms with Gasteiger partial charge in [0.25, 0.3) is 0 Å². The third-order valence-corrected chi connectivity index (χ3v) is 8.64. The van der Waals surface area contributed by atoms with Crippen LogP contribution in [-0.4, -0.2) is 13.2 Å². The van der Waals surface area contributed by atoms with Gasteiger partial charge in [-0.05, 0) is 118 Å². The predicted molar refractivity (Wildman–Crippen MR) is 173 cm³/mol. The Labute approximate surface area is 247 Å². The first-order valence-corrected chi connectivity index (χ1v) is 15.1. The Morgan fingerprint density at radius 3 is 1.17 bits per heavy atom. The zero-order chi connectivity index (χ0) is 29.7. The average molecular weight is 547 g/mol. The van der Waals surface area contributed by atoms with E-state index in [-0.39, 0.29) is 10.8 Å². The molecule has 0 saturated heterocycles. The van der Waals surface area contributed by atoms with E-state index in [1.165, 1.54) is 55.6 Å². The van der Waals surface area contributed by atoms with Crippen molar-refractivity contribution in [3.63, 3.8) is 0 Å². The van der Waals surface area contributed by atoms with Gasteiger partial charge in [0.2, 0.25) is 0 Å². The van der Waals surface area contributed by atoms with Crippen molar-refractivity contribution in [1.82, 2.24) is 0 Å². The first-order valence-electron chi connectivity index (χ1n) is 15.1. The number of aryl methyl sites for hydroxylation is 2. The third-order valence-electron chi connectivity index (χ3n) is 8.64. The van der Waals surface area contributed by atoms with Gasteiger partial charge in [0.05, 0.1) is 18.6 Å². The first-order chi connectivity index (χ1) is 19.3. The summed E-state index contributed by atoms with van der Waals surface area (Å²) in [4.78, 5) is 0. The minimum atomic E-state index is -0.485. The highest BCUT2D eigenvalue weighted by Gasteiger charge is 2.47. The molecule has 5 rings (SSSR count). The molecule has 0 saturated carbocycles. The van der Waals surface area contributed by atoms with Gasteiger partial charge in [-0.25, -0.2) is 0 Å². The fourth-order valence-corrected chi connectivity index (χ4v) is 6.97. The van der Waals surface area contributed by atoms with Crippen LogP contribution in [0.25, 0.3) is 11.1 Å². The smallest absolute Gasteiger partial charge is 0.119 e. The van der Waals surface area contributed by atoms with E-state index in [4.69, 9.17) is 9.47 Å². The van der Waals surface area contributed by atoms with Crippen LogP contribution in [0.5, 0.6) is 11.5 Å². The monoisotopic (exact) mass is 546 g/mol. The molecule has 4 aromatic rings. The van der Waals surface area contributed by atoms with E-state index in [2.05, 4.69) is 128 Å². The number of benzene rings is 4. The van der Waals surface area contributed by atoms with E-state index in [1.54, 1.807) is 0 Å². The van der Waals surface area contributed by atoms with E-state index in [9.17, 15) is 0 Å². The van der Waals surface area contributed by atoms with E-state index < -0.39 is 5.41 Å². The van der Waals surface area contributed by atoms with Crippen molar-refractivity contribution in [2.45, 2.75) is 85.5 Å². The summed E-state index contributed by atoms with van der Waals surface area (Å²) in [5.41, 5.74) is 12.9. The topological polar surface area (TPSA) is 18.5 Å². The first kappa shape index (κ1) is 29.0. The molecule has 0 bridgehead atoms. The number of hydrogen-bond acceptors (Lipinski definition) is 2. The highest BCUT2D eigenvalue weighted by Crippen LogP contribution is 2.58.